The van der Waals surface area contributed by atoms with E-state index in [-0.39, 0.29) is 23.5 Å². The summed E-state index contributed by atoms with van der Waals surface area (Å²) in [4.78, 5) is 36.0. The Hall–Kier alpha value is -3.93. The van der Waals surface area contributed by atoms with Crippen LogP contribution in [0.3, 0.4) is 0 Å². The van der Waals surface area contributed by atoms with E-state index in [1.165, 1.54) is 24.3 Å². The number of carbonyl (C=O) groups is 3. The minimum Gasteiger partial charge on any atom is -0.485 e. The first-order valence-electron chi connectivity index (χ1n) is 9.58. The van der Waals surface area contributed by atoms with Crippen molar-refractivity contribution >= 4 is 29.5 Å². The van der Waals surface area contributed by atoms with Gasteiger partial charge in [-0.25, -0.2) is 4.39 Å². The van der Waals surface area contributed by atoms with Crippen LogP contribution in [-0.4, -0.2) is 53.1 Å². The smallest absolute Gasteiger partial charge is 0.316 e. The molecule has 0 radical (unpaired) electrons. The number of hydrogen-bond donors (Lipinski definition) is 1. The number of esters is 1. The molecular weight excluding hydrogens is 457 g/mol. The molecule has 1 N–H and O–H groups in total. The van der Waals surface area contributed by atoms with Gasteiger partial charge in [0, 0.05) is 5.56 Å². The van der Waals surface area contributed by atoms with Gasteiger partial charge >= 0.3 is 5.97 Å². The van der Waals surface area contributed by atoms with E-state index in [0.717, 1.165) is 11.8 Å². The fourth-order valence-electron chi connectivity index (χ4n) is 2.69. The Balaban J connectivity index is 1.18. The van der Waals surface area contributed by atoms with Gasteiger partial charge in [-0.15, -0.1) is 10.2 Å². The molecule has 0 aliphatic carbocycles. The van der Waals surface area contributed by atoms with E-state index in [1.807, 2.05) is 0 Å². The number of nitrogens with one attached hydrogen (secondary N) is 1. The molecule has 33 heavy (non-hydrogen) atoms. The number of imide groups is 1. The van der Waals surface area contributed by atoms with Crippen molar-refractivity contribution in [3.8, 4) is 23.0 Å². The zero-order chi connectivity index (χ0) is 23.2. The lowest BCUT2D eigenvalue weighted by Gasteiger charge is -2.25. The summed E-state index contributed by atoms with van der Waals surface area (Å²) in [7, 11) is 0. The second-order valence-corrected chi connectivity index (χ2v) is 7.53. The molecule has 2 aromatic carbocycles. The first-order chi connectivity index (χ1) is 16.0. The van der Waals surface area contributed by atoms with Crippen LogP contribution in [0.25, 0.3) is 11.5 Å². The fourth-order valence-corrected chi connectivity index (χ4v) is 3.25. The van der Waals surface area contributed by atoms with E-state index in [9.17, 15) is 18.8 Å². The van der Waals surface area contributed by atoms with Crippen molar-refractivity contribution in [3.63, 3.8) is 0 Å². The summed E-state index contributed by atoms with van der Waals surface area (Å²) >= 11 is 0.905. The molecule has 1 aliphatic rings. The van der Waals surface area contributed by atoms with Gasteiger partial charge in [-0.3, -0.25) is 19.7 Å². The summed E-state index contributed by atoms with van der Waals surface area (Å²) < 4.78 is 34.2. The van der Waals surface area contributed by atoms with E-state index in [0.29, 0.717) is 17.1 Å². The lowest BCUT2D eigenvalue weighted by Crippen LogP contribution is -2.47. The van der Waals surface area contributed by atoms with E-state index < -0.39 is 36.3 Å². The average Bonchev–Trinajstić information content (AvgIpc) is 3.30. The number of amides is 2. The van der Waals surface area contributed by atoms with Gasteiger partial charge in [-0.05, 0) is 36.4 Å². The first kappa shape index (κ1) is 22.3. The highest BCUT2D eigenvalue weighted by Crippen LogP contribution is 2.30. The highest BCUT2D eigenvalue weighted by molar-refractivity contribution is 7.99. The van der Waals surface area contributed by atoms with E-state index >= 15 is 0 Å². The molecule has 1 aliphatic heterocycles. The lowest BCUT2D eigenvalue weighted by molar-refractivity contribution is -0.148. The number of ether oxygens (including phenoxy) is 3. The third kappa shape index (κ3) is 5.86. The normalized spacial score (nSPS) is 14.4. The number of aromatic nitrogens is 2. The molecule has 170 valence electrons. The zero-order valence-corrected chi connectivity index (χ0v) is 17.7. The van der Waals surface area contributed by atoms with Gasteiger partial charge in [0.25, 0.3) is 17.0 Å². The van der Waals surface area contributed by atoms with E-state index in [4.69, 9.17) is 18.6 Å². The molecule has 0 saturated heterocycles. The van der Waals surface area contributed by atoms with Gasteiger partial charge < -0.3 is 18.6 Å². The minimum atomic E-state index is -1.01. The Kier molecular flexibility index (Phi) is 6.83. The van der Waals surface area contributed by atoms with Crippen LogP contribution in [0, 0.1) is 5.82 Å². The Morgan fingerprint density at radius 2 is 1.85 bits per heavy atom. The molecule has 1 aromatic heterocycles. The maximum absolute atomic E-state index is 13.0. The monoisotopic (exact) mass is 473 g/mol. The van der Waals surface area contributed by atoms with Crippen LogP contribution in [0.15, 0.2) is 58.2 Å². The quantitative estimate of drug-likeness (QED) is 0.402. The Labute approximate surface area is 190 Å². The Bertz CT molecular complexity index is 1170. The molecular formula is C21H16FN3O7S. The van der Waals surface area contributed by atoms with Crippen molar-refractivity contribution in [2.75, 3.05) is 19.0 Å². The molecule has 0 fully saturated rings. The molecule has 3 aromatic rings. The van der Waals surface area contributed by atoms with Gasteiger partial charge in [0.2, 0.25) is 12.0 Å². The second kappa shape index (κ2) is 10.1. The Morgan fingerprint density at radius 1 is 1.09 bits per heavy atom. The summed E-state index contributed by atoms with van der Waals surface area (Å²) in [5, 5.41) is 9.81. The van der Waals surface area contributed by atoms with Crippen LogP contribution >= 0.6 is 11.8 Å². The second-order valence-electron chi connectivity index (χ2n) is 6.61. The summed E-state index contributed by atoms with van der Waals surface area (Å²) in [5.74, 6) is -1.78. The molecule has 0 spiro atoms. The van der Waals surface area contributed by atoms with Gasteiger partial charge in [0.15, 0.2) is 18.1 Å². The molecule has 0 bridgehead atoms. The molecule has 0 saturated carbocycles. The Morgan fingerprint density at radius 3 is 2.64 bits per heavy atom. The van der Waals surface area contributed by atoms with E-state index in [2.05, 4.69) is 15.5 Å². The summed E-state index contributed by atoms with van der Waals surface area (Å²) in [5.41, 5.74) is 0.524. The lowest BCUT2D eigenvalue weighted by atomic mass is 10.2. The standard InChI is InChI=1S/C21H16FN3O7S/c22-13-7-5-12(6-8-13)20-24-25-21(32-20)33-11-18(27)30-10-17(26)23-19(28)16-9-29-14-3-1-2-4-15(14)31-16/h1-8,16H,9-11H2,(H,23,26,28)/t16-/m0/s1. The SMILES string of the molecule is O=C(COC(=O)CSc1nnc(-c2ccc(F)cc2)o1)NC(=O)[C@@H]1COc2ccccc2O1. The maximum atomic E-state index is 13.0. The van der Waals surface area contributed by atoms with Crippen molar-refractivity contribution in [1.29, 1.82) is 0 Å². The average molecular weight is 473 g/mol. The highest BCUT2D eigenvalue weighted by Gasteiger charge is 2.28. The van der Waals surface area contributed by atoms with Crippen molar-refractivity contribution in [2.45, 2.75) is 11.3 Å². The minimum absolute atomic E-state index is 0.0589. The number of carbonyl (C=O) groups excluding carboxylic acids is 3. The molecule has 1 atom stereocenters. The van der Waals surface area contributed by atoms with Crippen LogP contribution < -0.4 is 14.8 Å². The molecule has 12 heteroatoms. The largest absolute Gasteiger partial charge is 0.485 e. The van der Waals surface area contributed by atoms with Crippen LogP contribution in [0.1, 0.15) is 0 Å². The number of hydrogen-bond acceptors (Lipinski definition) is 10. The third-order valence-corrected chi connectivity index (χ3v) is 5.03. The number of para-hydroxylation sites is 2. The summed E-state index contributed by atoms with van der Waals surface area (Å²) in [6.45, 7) is -0.712. The molecule has 0 unspecified atom stereocenters. The van der Waals surface area contributed by atoms with Crippen LogP contribution in [-0.2, 0) is 19.1 Å². The van der Waals surface area contributed by atoms with Crippen LogP contribution in [0.4, 0.5) is 4.39 Å². The predicted molar refractivity (Wildman–Crippen MR) is 111 cm³/mol. The summed E-state index contributed by atoms with van der Waals surface area (Å²) in [6, 6.07) is 12.3. The highest BCUT2D eigenvalue weighted by atomic mass is 32.2. The van der Waals surface area contributed by atoms with Crippen molar-refractivity contribution in [2.24, 2.45) is 0 Å². The third-order valence-electron chi connectivity index (χ3n) is 4.24. The van der Waals surface area contributed by atoms with Crippen LogP contribution in [0.2, 0.25) is 0 Å². The van der Waals surface area contributed by atoms with Crippen molar-refractivity contribution < 1.29 is 37.4 Å². The topological polar surface area (TPSA) is 130 Å². The maximum Gasteiger partial charge on any atom is 0.316 e. The van der Waals surface area contributed by atoms with Crippen LogP contribution in [0.5, 0.6) is 11.5 Å². The first-order valence-corrected chi connectivity index (χ1v) is 10.6. The number of thioether (sulfide) groups is 1. The molecule has 10 nitrogen and oxygen atoms in total. The van der Waals surface area contributed by atoms with Crippen molar-refractivity contribution in [3.05, 3.63) is 54.3 Å². The number of halogens is 1. The zero-order valence-electron chi connectivity index (χ0n) is 16.9. The molecule has 2 amide bonds. The number of rotatable bonds is 7. The number of fused-ring (bicyclic) bond motifs is 1. The van der Waals surface area contributed by atoms with Crippen molar-refractivity contribution in [1.82, 2.24) is 15.5 Å². The number of benzene rings is 2. The van der Waals surface area contributed by atoms with Gasteiger partial charge in [0.1, 0.15) is 18.2 Å². The number of nitrogens with zero attached hydrogens (tertiary/aromatic N) is 2. The predicted octanol–water partition coefficient (Wildman–Crippen LogP) is 1.99. The van der Waals surface area contributed by atoms with Gasteiger partial charge in [0.05, 0.1) is 0 Å². The van der Waals surface area contributed by atoms with Gasteiger partial charge in [-0.1, -0.05) is 23.9 Å². The molecule has 4 rings (SSSR count). The molecule has 2 heterocycles. The van der Waals surface area contributed by atoms with E-state index in [1.54, 1.807) is 24.3 Å². The fraction of sp³-hybridized carbons (Fsp3) is 0.190. The summed E-state index contributed by atoms with van der Waals surface area (Å²) in [6.07, 6.45) is -1.01. The van der Waals surface area contributed by atoms with Gasteiger partial charge in [-0.2, -0.15) is 0 Å².